The molecular formula is C14H24N4O. The molecule has 0 aromatic carbocycles. The van der Waals surface area contributed by atoms with Crippen molar-refractivity contribution in [2.45, 2.75) is 58.1 Å². The molecule has 2 rings (SSSR count). The maximum atomic E-state index is 5.99. The predicted octanol–water partition coefficient (Wildman–Crippen LogP) is 2.25. The summed E-state index contributed by atoms with van der Waals surface area (Å²) < 4.78 is 5.29. The van der Waals surface area contributed by atoms with E-state index in [1.54, 1.807) is 7.11 Å². The van der Waals surface area contributed by atoms with Crippen LogP contribution >= 0.6 is 0 Å². The van der Waals surface area contributed by atoms with Crippen molar-refractivity contribution in [2.24, 2.45) is 0 Å². The Labute approximate surface area is 115 Å². The first-order valence-electron chi connectivity index (χ1n) is 6.75. The van der Waals surface area contributed by atoms with E-state index in [0.29, 0.717) is 18.0 Å². The Kier molecular flexibility index (Phi) is 3.67. The normalized spacial score (nSPS) is 23.0. The number of hydrogen-bond acceptors (Lipinski definition) is 5. The Balaban J connectivity index is 2.18. The molecule has 1 aliphatic rings. The Morgan fingerprint density at radius 2 is 1.89 bits per heavy atom. The van der Waals surface area contributed by atoms with Crippen LogP contribution in [0.3, 0.4) is 0 Å². The number of anilines is 2. The van der Waals surface area contributed by atoms with E-state index < -0.39 is 0 Å². The molecule has 0 unspecified atom stereocenters. The highest BCUT2D eigenvalue weighted by molar-refractivity contribution is 5.55. The van der Waals surface area contributed by atoms with Crippen molar-refractivity contribution < 1.29 is 4.74 Å². The second-order valence-corrected chi connectivity index (χ2v) is 6.33. The number of rotatable bonds is 3. The van der Waals surface area contributed by atoms with Crippen LogP contribution in [0, 0.1) is 6.92 Å². The molecule has 1 heterocycles. The number of nitrogens with two attached hydrogens (primary N) is 1. The van der Waals surface area contributed by atoms with Crippen LogP contribution in [0.1, 0.15) is 45.0 Å². The standard InChI is InChI=1S/C14H24N4O/c1-8-11(15)17-13(14(2,3)4)18-12(8)16-9-6-10(7-9)19-5/h9-10H,6-7H2,1-5H3,(H3,15,16,17,18). The number of methoxy groups -OCH3 is 1. The van der Waals surface area contributed by atoms with Crippen molar-refractivity contribution in [1.29, 1.82) is 0 Å². The topological polar surface area (TPSA) is 73.1 Å². The summed E-state index contributed by atoms with van der Waals surface area (Å²) in [5, 5.41) is 3.45. The van der Waals surface area contributed by atoms with Crippen molar-refractivity contribution in [3.63, 3.8) is 0 Å². The third kappa shape index (κ3) is 2.97. The second-order valence-electron chi connectivity index (χ2n) is 6.33. The lowest BCUT2D eigenvalue weighted by atomic mass is 9.89. The van der Waals surface area contributed by atoms with Gasteiger partial charge in [0.05, 0.1) is 6.10 Å². The second kappa shape index (κ2) is 4.96. The summed E-state index contributed by atoms with van der Waals surface area (Å²) in [5.41, 5.74) is 6.81. The molecule has 5 heteroatoms. The Hall–Kier alpha value is -1.36. The van der Waals surface area contributed by atoms with E-state index >= 15 is 0 Å². The molecule has 0 bridgehead atoms. The highest BCUT2D eigenvalue weighted by Gasteiger charge is 2.30. The lowest BCUT2D eigenvalue weighted by Gasteiger charge is -2.35. The summed E-state index contributed by atoms with van der Waals surface area (Å²) >= 11 is 0. The van der Waals surface area contributed by atoms with Gasteiger partial charge in [0.1, 0.15) is 17.5 Å². The van der Waals surface area contributed by atoms with E-state index in [2.05, 4.69) is 36.1 Å². The maximum Gasteiger partial charge on any atom is 0.138 e. The Morgan fingerprint density at radius 1 is 1.26 bits per heavy atom. The average Bonchev–Trinajstić information content (AvgIpc) is 2.26. The molecule has 19 heavy (non-hydrogen) atoms. The molecule has 1 aromatic heterocycles. The van der Waals surface area contributed by atoms with Crippen LogP contribution in [0.25, 0.3) is 0 Å². The monoisotopic (exact) mass is 264 g/mol. The number of nitrogens with zero attached hydrogens (tertiary/aromatic N) is 2. The van der Waals surface area contributed by atoms with E-state index in [-0.39, 0.29) is 5.41 Å². The Morgan fingerprint density at radius 3 is 2.42 bits per heavy atom. The van der Waals surface area contributed by atoms with E-state index in [1.807, 2.05) is 6.92 Å². The van der Waals surface area contributed by atoms with Gasteiger partial charge in [-0.2, -0.15) is 0 Å². The third-order valence-corrected chi connectivity index (χ3v) is 3.62. The van der Waals surface area contributed by atoms with E-state index in [0.717, 1.165) is 30.0 Å². The minimum atomic E-state index is -0.104. The summed E-state index contributed by atoms with van der Waals surface area (Å²) in [6.07, 6.45) is 2.41. The number of aromatic nitrogens is 2. The minimum Gasteiger partial charge on any atom is -0.383 e. The average molecular weight is 264 g/mol. The van der Waals surface area contributed by atoms with Crippen molar-refractivity contribution in [3.8, 4) is 0 Å². The first kappa shape index (κ1) is 14.1. The van der Waals surface area contributed by atoms with Crippen molar-refractivity contribution in [2.75, 3.05) is 18.2 Å². The summed E-state index contributed by atoms with van der Waals surface area (Å²) in [6, 6.07) is 0.422. The molecule has 1 aromatic rings. The number of ether oxygens (including phenoxy) is 1. The molecule has 0 saturated heterocycles. The number of nitrogens with one attached hydrogen (secondary N) is 1. The van der Waals surface area contributed by atoms with Crippen molar-refractivity contribution in [3.05, 3.63) is 11.4 Å². The van der Waals surface area contributed by atoms with Gasteiger partial charge in [-0.1, -0.05) is 20.8 Å². The maximum absolute atomic E-state index is 5.99. The van der Waals surface area contributed by atoms with Gasteiger partial charge in [-0.3, -0.25) is 0 Å². The molecule has 5 nitrogen and oxygen atoms in total. The molecule has 0 radical (unpaired) electrons. The first-order valence-corrected chi connectivity index (χ1v) is 6.75. The zero-order chi connectivity index (χ0) is 14.2. The highest BCUT2D eigenvalue weighted by atomic mass is 16.5. The van der Waals surface area contributed by atoms with Crippen LogP contribution in [0.5, 0.6) is 0 Å². The molecule has 0 amide bonds. The van der Waals surface area contributed by atoms with Crippen LogP contribution in [0.2, 0.25) is 0 Å². The molecule has 0 atom stereocenters. The molecule has 0 aliphatic heterocycles. The van der Waals surface area contributed by atoms with Crippen molar-refractivity contribution in [1.82, 2.24) is 9.97 Å². The lowest BCUT2D eigenvalue weighted by Crippen LogP contribution is -2.40. The molecule has 1 saturated carbocycles. The fourth-order valence-electron chi connectivity index (χ4n) is 2.08. The van der Waals surface area contributed by atoms with Crippen LogP contribution in [-0.4, -0.2) is 29.2 Å². The smallest absolute Gasteiger partial charge is 0.138 e. The minimum absolute atomic E-state index is 0.104. The molecule has 1 aliphatic carbocycles. The van der Waals surface area contributed by atoms with E-state index in [1.165, 1.54) is 0 Å². The largest absolute Gasteiger partial charge is 0.383 e. The van der Waals surface area contributed by atoms with Gasteiger partial charge in [0, 0.05) is 24.1 Å². The van der Waals surface area contributed by atoms with Crippen molar-refractivity contribution >= 4 is 11.6 Å². The van der Waals surface area contributed by atoms with Crippen LogP contribution in [0.15, 0.2) is 0 Å². The van der Waals surface area contributed by atoms with E-state index in [9.17, 15) is 0 Å². The molecule has 1 fully saturated rings. The first-order chi connectivity index (χ1) is 8.81. The highest BCUT2D eigenvalue weighted by Crippen LogP contribution is 2.29. The fourth-order valence-corrected chi connectivity index (χ4v) is 2.08. The van der Waals surface area contributed by atoms with Crippen LogP contribution < -0.4 is 11.1 Å². The van der Waals surface area contributed by atoms with E-state index in [4.69, 9.17) is 10.5 Å². The van der Waals surface area contributed by atoms with Gasteiger partial charge in [0.15, 0.2) is 0 Å². The van der Waals surface area contributed by atoms with Gasteiger partial charge in [-0.05, 0) is 19.8 Å². The van der Waals surface area contributed by atoms with Gasteiger partial charge in [0.2, 0.25) is 0 Å². The Bertz CT molecular complexity index is 461. The van der Waals surface area contributed by atoms with Gasteiger partial charge in [-0.25, -0.2) is 9.97 Å². The number of nitrogen functional groups attached to an aromatic ring is 1. The van der Waals surface area contributed by atoms with Crippen LogP contribution in [-0.2, 0) is 10.2 Å². The zero-order valence-corrected chi connectivity index (χ0v) is 12.4. The summed E-state index contributed by atoms with van der Waals surface area (Å²) in [4.78, 5) is 9.02. The van der Waals surface area contributed by atoms with Gasteiger partial charge in [-0.15, -0.1) is 0 Å². The quantitative estimate of drug-likeness (QED) is 0.876. The van der Waals surface area contributed by atoms with Crippen LogP contribution in [0.4, 0.5) is 11.6 Å². The van der Waals surface area contributed by atoms with Gasteiger partial charge >= 0.3 is 0 Å². The summed E-state index contributed by atoms with van der Waals surface area (Å²) in [7, 11) is 1.76. The lowest BCUT2D eigenvalue weighted by molar-refractivity contribution is 0.0327. The van der Waals surface area contributed by atoms with Gasteiger partial charge in [0.25, 0.3) is 0 Å². The molecule has 0 spiro atoms. The SMILES string of the molecule is COC1CC(Nc2nc(C(C)(C)C)nc(N)c2C)C1. The zero-order valence-electron chi connectivity index (χ0n) is 12.4. The fraction of sp³-hybridized carbons (Fsp3) is 0.714. The van der Waals surface area contributed by atoms with Gasteiger partial charge < -0.3 is 15.8 Å². The molecule has 3 N–H and O–H groups in total. The number of hydrogen-bond donors (Lipinski definition) is 2. The third-order valence-electron chi connectivity index (χ3n) is 3.62. The molecule has 106 valence electrons. The molecular weight excluding hydrogens is 240 g/mol. The summed E-state index contributed by atoms with van der Waals surface area (Å²) in [6.45, 7) is 8.22. The predicted molar refractivity (Wildman–Crippen MR) is 77.3 cm³/mol. The summed E-state index contributed by atoms with van der Waals surface area (Å²) in [5.74, 6) is 2.20.